The Hall–Kier alpha value is -4.94. The van der Waals surface area contributed by atoms with Crippen LogP contribution in [0.15, 0.2) is 60.8 Å². The summed E-state index contributed by atoms with van der Waals surface area (Å²) < 4.78 is 40.3. The fourth-order valence-corrected chi connectivity index (χ4v) is 4.81. The smallest absolute Gasteiger partial charge is 0.408 e. The second-order valence-corrected chi connectivity index (χ2v) is 9.53. The van der Waals surface area contributed by atoms with E-state index >= 15 is 0 Å². The van der Waals surface area contributed by atoms with E-state index in [1.165, 1.54) is 36.5 Å². The number of halogens is 3. The van der Waals surface area contributed by atoms with Gasteiger partial charge in [-0.2, -0.15) is 18.3 Å². The Bertz CT molecular complexity index is 1630. The molecular weight excluding hydrogens is 541 g/mol. The van der Waals surface area contributed by atoms with Crippen molar-refractivity contribution in [3.05, 3.63) is 77.6 Å². The molecular formula is C28H25F3N6O4. The SMILES string of the molecule is O=C(Nc1ncccc1C(=O)O)c1ccc(N2CCCCC2)c(NC(=O)c2nn(CC(F)(F)F)c3ccccc23)c1. The van der Waals surface area contributed by atoms with Crippen molar-refractivity contribution in [3.8, 4) is 0 Å². The molecule has 3 heterocycles. The maximum absolute atomic E-state index is 13.5. The molecule has 1 saturated heterocycles. The molecule has 10 nitrogen and oxygen atoms in total. The number of carbonyl (C=O) groups excluding carboxylic acids is 2. The molecule has 2 aromatic heterocycles. The van der Waals surface area contributed by atoms with Crippen molar-refractivity contribution in [1.29, 1.82) is 0 Å². The summed E-state index contributed by atoms with van der Waals surface area (Å²) in [5.41, 5.74) is 0.778. The van der Waals surface area contributed by atoms with Gasteiger partial charge in [0, 0.05) is 30.2 Å². The number of pyridine rings is 1. The molecule has 1 aliphatic heterocycles. The van der Waals surface area contributed by atoms with Gasteiger partial charge in [0.15, 0.2) is 5.69 Å². The van der Waals surface area contributed by atoms with Crippen LogP contribution in [0.5, 0.6) is 0 Å². The zero-order chi connectivity index (χ0) is 29.1. The van der Waals surface area contributed by atoms with Crippen molar-refractivity contribution in [3.63, 3.8) is 0 Å². The molecule has 4 aromatic rings. The number of piperidine rings is 1. The number of benzene rings is 2. The van der Waals surface area contributed by atoms with Gasteiger partial charge in [-0.25, -0.2) is 9.78 Å². The van der Waals surface area contributed by atoms with Crippen LogP contribution in [0.25, 0.3) is 10.9 Å². The lowest BCUT2D eigenvalue weighted by atomic mass is 10.1. The number of aromatic carboxylic acids is 1. The van der Waals surface area contributed by atoms with Crippen LogP contribution in [0, 0.1) is 0 Å². The van der Waals surface area contributed by atoms with Gasteiger partial charge >= 0.3 is 12.1 Å². The highest BCUT2D eigenvalue weighted by molar-refractivity contribution is 6.13. The number of alkyl halides is 3. The highest BCUT2D eigenvalue weighted by Crippen LogP contribution is 2.32. The van der Waals surface area contributed by atoms with Crippen LogP contribution in [0.3, 0.4) is 0 Å². The molecule has 2 amide bonds. The fourth-order valence-electron chi connectivity index (χ4n) is 4.81. The van der Waals surface area contributed by atoms with Gasteiger partial charge in [0.2, 0.25) is 0 Å². The average Bonchev–Trinajstić information content (AvgIpc) is 3.30. The van der Waals surface area contributed by atoms with E-state index in [-0.39, 0.29) is 39.2 Å². The Morgan fingerprint density at radius 2 is 1.68 bits per heavy atom. The molecule has 3 N–H and O–H groups in total. The molecule has 1 aliphatic rings. The molecule has 13 heteroatoms. The second-order valence-electron chi connectivity index (χ2n) is 9.53. The first-order chi connectivity index (χ1) is 19.6. The van der Waals surface area contributed by atoms with Crippen LogP contribution in [0.2, 0.25) is 0 Å². The van der Waals surface area contributed by atoms with E-state index < -0.39 is 30.5 Å². The summed E-state index contributed by atoms with van der Waals surface area (Å²) in [4.78, 5) is 44.1. The minimum Gasteiger partial charge on any atom is -0.478 e. The van der Waals surface area contributed by atoms with Crippen molar-refractivity contribution in [2.24, 2.45) is 0 Å². The molecule has 0 atom stereocenters. The van der Waals surface area contributed by atoms with E-state index in [4.69, 9.17) is 0 Å². The number of rotatable bonds is 7. The van der Waals surface area contributed by atoms with Gasteiger partial charge in [-0.15, -0.1) is 0 Å². The van der Waals surface area contributed by atoms with Crippen LogP contribution in [0.1, 0.15) is 50.5 Å². The Balaban J connectivity index is 1.49. The van der Waals surface area contributed by atoms with Crippen molar-refractivity contribution < 1.29 is 32.7 Å². The number of anilines is 3. The maximum Gasteiger partial charge on any atom is 0.408 e. The van der Waals surface area contributed by atoms with Crippen molar-refractivity contribution in [2.75, 3.05) is 28.6 Å². The predicted octanol–water partition coefficient (Wildman–Crippen LogP) is 5.19. The number of carboxylic acid groups (broad SMARTS) is 1. The summed E-state index contributed by atoms with van der Waals surface area (Å²) in [7, 11) is 0. The first-order valence-electron chi connectivity index (χ1n) is 12.8. The van der Waals surface area contributed by atoms with E-state index in [9.17, 15) is 32.7 Å². The molecule has 212 valence electrons. The molecule has 0 aliphatic carbocycles. The number of aromatic nitrogens is 3. The molecule has 0 spiro atoms. The summed E-state index contributed by atoms with van der Waals surface area (Å²) in [6.45, 7) is 0.0717. The molecule has 2 aromatic carbocycles. The molecule has 0 radical (unpaired) electrons. The molecule has 1 fully saturated rings. The zero-order valence-corrected chi connectivity index (χ0v) is 21.6. The first kappa shape index (κ1) is 27.6. The summed E-state index contributed by atoms with van der Waals surface area (Å²) in [6.07, 6.45) is -0.286. The van der Waals surface area contributed by atoms with Crippen molar-refractivity contribution in [2.45, 2.75) is 32.0 Å². The van der Waals surface area contributed by atoms with Crippen molar-refractivity contribution in [1.82, 2.24) is 14.8 Å². The number of carbonyl (C=O) groups is 3. The summed E-state index contributed by atoms with van der Waals surface area (Å²) in [5.74, 6) is -2.81. The van der Waals surface area contributed by atoms with Crippen LogP contribution in [-0.4, -0.2) is 56.9 Å². The van der Waals surface area contributed by atoms with Crippen LogP contribution in [0.4, 0.5) is 30.4 Å². The maximum atomic E-state index is 13.5. The van der Waals surface area contributed by atoms with Crippen molar-refractivity contribution >= 4 is 45.9 Å². The van der Waals surface area contributed by atoms with Crippen LogP contribution < -0.4 is 15.5 Å². The minimum absolute atomic E-state index is 0.107. The highest BCUT2D eigenvalue weighted by atomic mass is 19.4. The number of carboxylic acids is 1. The number of nitrogens with one attached hydrogen (secondary N) is 2. The van der Waals surface area contributed by atoms with Crippen LogP contribution >= 0.6 is 0 Å². The minimum atomic E-state index is -4.54. The van der Waals surface area contributed by atoms with E-state index in [0.29, 0.717) is 18.8 Å². The normalized spacial score (nSPS) is 13.7. The second kappa shape index (κ2) is 11.3. The zero-order valence-electron chi connectivity index (χ0n) is 21.6. The van der Waals surface area contributed by atoms with E-state index in [2.05, 4.69) is 25.6 Å². The number of nitrogens with zero attached hydrogens (tertiary/aromatic N) is 4. The number of hydrogen-bond donors (Lipinski definition) is 3. The summed E-state index contributed by atoms with van der Waals surface area (Å²) >= 11 is 0. The molecule has 0 unspecified atom stereocenters. The Kier molecular flexibility index (Phi) is 7.60. The van der Waals surface area contributed by atoms with Gasteiger partial charge in [-0.05, 0) is 55.7 Å². The third kappa shape index (κ3) is 6.13. The fraction of sp³-hybridized carbons (Fsp3) is 0.250. The van der Waals surface area contributed by atoms with Gasteiger partial charge in [0.25, 0.3) is 11.8 Å². The molecule has 41 heavy (non-hydrogen) atoms. The Labute approximate surface area is 231 Å². The van der Waals surface area contributed by atoms with Gasteiger partial charge in [-0.3, -0.25) is 14.3 Å². The van der Waals surface area contributed by atoms with Crippen LogP contribution in [-0.2, 0) is 6.54 Å². The quantitative estimate of drug-likeness (QED) is 0.281. The molecule has 5 rings (SSSR count). The van der Waals surface area contributed by atoms with Gasteiger partial charge < -0.3 is 20.6 Å². The summed E-state index contributed by atoms with van der Waals surface area (Å²) in [6, 6.07) is 13.5. The number of hydrogen-bond acceptors (Lipinski definition) is 6. The third-order valence-electron chi connectivity index (χ3n) is 6.68. The largest absolute Gasteiger partial charge is 0.478 e. The topological polar surface area (TPSA) is 129 Å². The average molecular weight is 567 g/mol. The molecule has 0 saturated carbocycles. The lowest BCUT2D eigenvalue weighted by Crippen LogP contribution is -2.30. The van der Waals surface area contributed by atoms with E-state index in [1.807, 2.05) is 0 Å². The first-order valence-corrected chi connectivity index (χ1v) is 12.8. The lowest BCUT2D eigenvalue weighted by molar-refractivity contribution is -0.141. The monoisotopic (exact) mass is 566 g/mol. The lowest BCUT2D eigenvalue weighted by Gasteiger charge is -2.30. The third-order valence-corrected chi connectivity index (χ3v) is 6.68. The van der Waals surface area contributed by atoms with Gasteiger partial charge in [0.05, 0.1) is 16.9 Å². The van der Waals surface area contributed by atoms with Gasteiger partial charge in [-0.1, -0.05) is 18.2 Å². The van der Waals surface area contributed by atoms with E-state index in [0.717, 1.165) is 23.9 Å². The van der Waals surface area contributed by atoms with Gasteiger partial charge in [0.1, 0.15) is 17.9 Å². The Morgan fingerprint density at radius 3 is 2.41 bits per heavy atom. The number of para-hydroxylation sites is 1. The highest BCUT2D eigenvalue weighted by Gasteiger charge is 2.31. The number of amides is 2. The number of fused-ring (bicyclic) bond motifs is 1. The van der Waals surface area contributed by atoms with E-state index in [1.54, 1.807) is 24.3 Å². The summed E-state index contributed by atoms with van der Waals surface area (Å²) in [5, 5.41) is 18.9. The predicted molar refractivity (Wildman–Crippen MR) is 145 cm³/mol. The molecule has 0 bridgehead atoms. The standard InChI is InChI=1S/C28H25F3N6O4/c29-28(30,31)16-37-21-9-3-2-7-18(21)23(35-37)26(39)33-20-15-17(10-11-22(20)36-13-4-1-5-14-36)25(38)34-24-19(27(40)41)8-6-12-32-24/h2-3,6-12,15H,1,4-5,13-14,16H2,(H,33,39)(H,40,41)(H,32,34,38). The Morgan fingerprint density at radius 1 is 0.927 bits per heavy atom.